The molecule has 0 rings (SSSR count). The molecule has 0 N–H and O–H groups in total. The molecular formula is C6H13O3S+. The van der Waals surface area contributed by atoms with Crippen molar-refractivity contribution in [2.45, 2.75) is 19.1 Å². The molecule has 0 atom stereocenters. The van der Waals surface area contributed by atoms with E-state index >= 15 is 0 Å². The van der Waals surface area contributed by atoms with Gasteiger partial charge in [0.1, 0.15) is 0 Å². The third kappa shape index (κ3) is 4.78. The van der Waals surface area contributed by atoms with Gasteiger partial charge < -0.3 is 9.47 Å². The Kier molecular flexibility index (Phi) is 7.01. The minimum absolute atomic E-state index is 0.146. The van der Waals surface area contributed by atoms with E-state index in [9.17, 15) is 4.21 Å². The number of methoxy groups -OCH3 is 2. The Bertz CT molecular complexity index is 83.1. The molecule has 0 saturated heterocycles. The van der Waals surface area contributed by atoms with Crippen molar-refractivity contribution < 1.29 is 13.7 Å². The van der Waals surface area contributed by atoms with Gasteiger partial charge in [-0.15, -0.1) is 0 Å². The predicted molar refractivity (Wildman–Crippen MR) is 40.0 cm³/mol. The monoisotopic (exact) mass is 165 g/mol. The topological polar surface area (TPSA) is 35.5 Å². The van der Waals surface area contributed by atoms with Crippen LogP contribution in [0, 0.1) is 0 Å². The van der Waals surface area contributed by atoms with Crippen molar-refractivity contribution >= 4 is 11.7 Å². The van der Waals surface area contributed by atoms with Gasteiger partial charge in [-0.25, -0.2) is 0 Å². The van der Waals surface area contributed by atoms with Crippen LogP contribution in [0.1, 0.15) is 12.8 Å². The van der Waals surface area contributed by atoms with Gasteiger partial charge in [0.15, 0.2) is 6.29 Å². The summed E-state index contributed by atoms with van der Waals surface area (Å²) in [4.78, 5) is 0. The molecule has 0 aliphatic carbocycles. The lowest BCUT2D eigenvalue weighted by Gasteiger charge is -2.10. The Morgan fingerprint density at radius 2 is 2.00 bits per heavy atom. The van der Waals surface area contributed by atoms with Crippen molar-refractivity contribution in [2.75, 3.05) is 20.0 Å². The standard InChI is InChI=1S/C6H13O3S/c1-8-6(9-2)4-3-5-10-7/h6H,3-5H2,1-2H3/q+1. The minimum atomic E-state index is -0.146. The van der Waals surface area contributed by atoms with Crippen LogP contribution in [0.15, 0.2) is 0 Å². The van der Waals surface area contributed by atoms with Gasteiger partial charge in [0.2, 0.25) is 5.75 Å². The summed E-state index contributed by atoms with van der Waals surface area (Å²) in [5.74, 6) is 0.628. The predicted octanol–water partition coefficient (Wildman–Crippen LogP) is 0.814. The quantitative estimate of drug-likeness (QED) is 0.332. The van der Waals surface area contributed by atoms with Crippen LogP contribution < -0.4 is 0 Å². The molecule has 0 radical (unpaired) electrons. The molecule has 10 heavy (non-hydrogen) atoms. The highest BCUT2D eigenvalue weighted by Gasteiger charge is 2.06. The van der Waals surface area contributed by atoms with E-state index in [1.807, 2.05) is 0 Å². The molecule has 0 aromatic carbocycles. The molecule has 4 heteroatoms. The van der Waals surface area contributed by atoms with Gasteiger partial charge in [0.25, 0.3) is 0 Å². The lowest BCUT2D eigenvalue weighted by Crippen LogP contribution is -2.12. The Hall–Kier alpha value is -0.0600. The van der Waals surface area contributed by atoms with Crippen LogP contribution >= 0.6 is 0 Å². The number of rotatable bonds is 6. The Morgan fingerprint density at radius 1 is 1.40 bits per heavy atom. The zero-order chi connectivity index (χ0) is 7.82. The third-order valence-electron chi connectivity index (χ3n) is 1.19. The fourth-order valence-corrected chi connectivity index (χ4v) is 0.925. The summed E-state index contributed by atoms with van der Waals surface area (Å²) in [6.45, 7) is 0. The zero-order valence-electron chi connectivity index (χ0n) is 6.33. The van der Waals surface area contributed by atoms with Gasteiger partial charge in [-0.2, -0.15) is 0 Å². The first-order valence-electron chi connectivity index (χ1n) is 3.15. The van der Waals surface area contributed by atoms with Crippen LogP contribution in [-0.2, 0) is 25.3 Å². The Morgan fingerprint density at radius 3 is 2.40 bits per heavy atom. The van der Waals surface area contributed by atoms with Gasteiger partial charge in [0.05, 0.1) is 0 Å². The van der Waals surface area contributed by atoms with Crippen molar-refractivity contribution in [3.8, 4) is 0 Å². The maximum atomic E-state index is 9.92. The molecule has 0 aromatic heterocycles. The molecule has 0 amide bonds. The second kappa shape index (κ2) is 7.05. The van der Waals surface area contributed by atoms with Gasteiger partial charge in [-0.1, -0.05) is 0 Å². The molecule has 0 fully saturated rings. The highest BCUT2D eigenvalue weighted by molar-refractivity contribution is 7.65. The van der Waals surface area contributed by atoms with Gasteiger partial charge >= 0.3 is 11.7 Å². The van der Waals surface area contributed by atoms with Crippen LogP contribution in [0.4, 0.5) is 0 Å². The Labute approximate surface area is 65.2 Å². The highest BCUT2D eigenvalue weighted by Crippen LogP contribution is 2.00. The number of hydrogen-bond acceptors (Lipinski definition) is 3. The average molecular weight is 165 g/mol. The van der Waals surface area contributed by atoms with Crippen molar-refractivity contribution in [1.29, 1.82) is 0 Å². The maximum absolute atomic E-state index is 9.92. The molecule has 0 spiro atoms. The van der Waals surface area contributed by atoms with Crippen molar-refractivity contribution in [3.05, 3.63) is 0 Å². The van der Waals surface area contributed by atoms with E-state index in [0.717, 1.165) is 12.8 Å². The van der Waals surface area contributed by atoms with Crippen LogP contribution in [0.5, 0.6) is 0 Å². The summed E-state index contributed by atoms with van der Waals surface area (Å²) in [5, 5.41) is 0. The molecule has 0 aliphatic rings. The van der Waals surface area contributed by atoms with Crippen molar-refractivity contribution in [2.24, 2.45) is 0 Å². The fraction of sp³-hybridized carbons (Fsp3) is 1.00. The summed E-state index contributed by atoms with van der Waals surface area (Å²) in [6.07, 6.45) is 1.50. The highest BCUT2D eigenvalue weighted by atomic mass is 32.1. The first-order valence-corrected chi connectivity index (χ1v) is 4.06. The first kappa shape index (κ1) is 9.94. The van der Waals surface area contributed by atoms with E-state index in [1.165, 1.54) is 0 Å². The Balaban J connectivity index is 3.16. The second-order valence-electron chi connectivity index (χ2n) is 1.87. The molecule has 0 saturated carbocycles. The summed E-state index contributed by atoms with van der Waals surface area (Å²) < 4.78 is 19.7. The van der Waals surface area contributed by atoms with Crippen LogP contribution in [0.2, 0.25) is 0 Å². The van der Waals surface area contributed by atoms with Crippen molar-refractivity contribution in [3.63, 3.8) is 0 Å². The zero-order valence-corrected chi connectivity index (χ0v) is 7.15. The minimum Gasteiger partial charge on any atom is -0.356 e. The summed E-state index contributed by atoms with van der Waals surface area (Å²) in [6, 6.07) is 0. The van der Waals surface area contributed by atoms with Crippen LogP contribution in [-0.4, -0.2) is 26.3 Å². The van der Waals surface area contributed by atoms with Crippen LogP contribution in [0.3, 0.4) is 0 Å². The number of hydrogen-bond donors (Lipinski definition) is 0. The third-order valence-corrected chi connectivity index (χ3v) is 1.65. The van der Waals surface area contributed by atoms with E-state index < -0.39 is 0 Å². The molecule has 0 bridgehead atoms. The molecule has 60 valence electrons. The summed E-state index contributed by atoms with van der Waals surface area (Å²) >= 11 is 0.603. The molecule has 3 nitrogen and oxygen atoms in total. The summed E-state index contributed by atoms with van der Waals surface area (Å²) in [5.41, 5.74) is 0. The molecule has 0 unspecified atom stereocenters. The molecular weight excluding hydrogens is 152 g/mol. The smallest absolute Gasteiger partial charge is 0.356 e. The number of ether oxygens (including phenoxy) is 2. The van der Waals surface area contributed by atoms with Gasteiger partial charge in [-0.3, -0.25) is 0 Å². The van der Waals surface area contributed by atoms with E-state index in [2.05, 4.69) is 0 Å². The van der Waals surface area contributed by atoms with Gasteiger partial charge in [-0.05, 0) is 0 Å². The van der Waals surface area contributed by atoms with E-state index in [1.54, 1.807) is 14.2 Å². The maximum Gasteiger partial charge on any atom is 0.458 e. The molecule has 0 aliphatic heterocycles. The lowest BCUT2D eigenvalue weighted by molar-refractivity contribution is -0.106. The average Bonchev–Trinajstić information content (AvgIpc) is 1.99. The SMILES string of the molecule is COC(CCC[S+]=O)OC. The van der Waals surface area contributed by atoms with Crippen LogP contribution in [0.25, 0.3) is 0 Å². The first-order chi connectivity index (χ1) is 4.85. The fourth-order valence-electron chi connectivity index (χ4n) is 0.641. The van der Waals surface area contributed by atoms with Crippen molar-refractivity contribution in [1.82, 2.24) is 0 Å². The largest absolute Gasteiger partial charge is 0.458 e. The molecule has 0 heterocycles. The van der Waals surface area contributed by atoms with E-state index in [0.29, 0.717) is 17.4 Å². The lowest BCUT2D eigenvalue weighted by atomic mass is 10.3. The van der Waals surface area contributed by atoms with E-state index in [4.69, 9.17) is 9.47 Å². The molecule has 0 aromatic rings. The summed E-state index contributed by atoms with van der Waals surface area (Å²) in [7, 11) is 3.19. The van der Waals surface area contributed by atoms with Gasteiger partial charge in [0, 0.05) is 31.3 Å². The second-order valence-corrected chi connectivity index (χ2v) is 2.51. The van der Waals surface area contributed by atoms with E-state index in [-0.39, 0.29) is 6.29 Å². The normalized spacial score (nSPS) is 10.3.